The summed E-state index contributed by atoms with van der Waals surface area (Å²) < 4.78 is 21.2. The Bertz CT molecular complexity index is 756. The van der Waals surface area contributed by atoms with E-state index in [2.05, 4.69) is 0 Å². The molecule has 0 aliphatic carbocycles. The lowest BCUT2D eigenvalue weighted by molar-refractivity contribution is -0.385. The van der Waals surface area contributed by atoms with Crippen molar-refractivity contribution in [3.05, 3.63) is 27.8 Å². The molecule has 0 aromatic heterocycles. The van der Waals surface area contributed by atoms with Crippen LogP contribution in [-0.2, 0) is 14.3 Å². The van der Waals surface area contributed by atoms with Gasteiger partial charge in [-0.05, 0) is 13.8 Å². The van der Waals surface area contributed by atoms with E-state index in [-0.39, 0.29) is 48.4 Å². The molecule has 2 heterocycles. The van der Waals surface area contributed by atoms with Gasteiger partial charge in [-0.2, -0.15) is 0 Å². The van der Waals surface area contributed by atoms with Gasteiger partial charge in [0.15, 0.2) is 18.1 Å². The van der Waals surface area contributed by atoms with Crippen LogP contribution in [0.4, 0.5) is 5.69 Å². The van der Waals surface area contributed by atoms with E-state index in [1.165, 1.54) is 6.07 Å². The van der Waals surface area contributed by atoms with Gasteiger partial charge in [-0.15, -0.1) is 0 Å². The first-order valence-electron chi connectivity index (χ1n) is 8.53. The molecule has 0 radical (unpaired) electrons. The van der Waals surface area contributed by atoms with Crippen LogP contribution in [0.2, 0.25) is 0 Å². The van der Waals surface area contributed by atoms with E-state index in [0.29, 0.717) is 13.1 Å². The average molecular weight is 380 g/mol. The fraction of sp³-hybridized carbons (Fsp3) is 0.529. The van der Waals surface area contributed by atoms with E-state index >= 15 is 0 Å². The number of benzene rings is 1. The van der Waals surface area contributed by atoms with Crippen molar-refractivity contribution >= 4 is 17.6 Å². The molecule has 1 saturated heterocycles. The predicted molar refractivity (Wildman–Crippen MR) is 91.0 cm³/mol. The molecule has 1 amide bonds. The van der Waals surface area contributed by atoms with E-state index in [4.69, 9.17) is 18.9 Å². The zero-order chi connectivity index (χ0) is 19.6. The highest BCUT2D eigenvalue weighted by molar-refractivity contribution is 5.96. The number of nitro groups is 1. The van der Waals surface area contributed by atoms with Gasteiger partial charge < -0.3 is 23.8 Å². The fourth-order valence-corrected chi connectivity index (χ4v) is 3.07. The number of carbonyl (C=O) groups excluding carboxylic acids is 2. The number of nitro benzene ring substituents is 1. The number of hydrogen-bond acceptors (Lipinski definition) is 8. The van der Waals surface area contributed by atoms with Crippen molar-refractivity contribution in [2.24, 2.45) is 0 Å². The van der Waals surface area contributed by atoms with Crippen LogP contribution in [0.25, 0.3) is 0 Å². The van der Waals surface area contributed by atoms with Crippen molar-refractivity contribution in [1.82, 2.24) is 4.90 Å². The summed E-state index contributed by atoms with van der Waals surface area (Å²) in [7, 11) is 0. The Kier molecular flexibility index (Phi) is 5.45. The second-order valence-electron chi connectivity index (χ2n) is 6.40. The lowest BCUT2D eigenvalue weighted by Gasteiger charge is -2.35. The molecule has 0 unspecified atom stereocenters. The third-order valence-corrected chi connectivity index (χ3v) is 4.18. The maximum absolute atomic E-state index is 12.4. The van der Waals surface area contributed by atoms with Gasteiger partial charge in [-0.1, -0.05) is 0 Å². The van der Waals surface area contributed by atoms with Crippen molar-refractivity contribution < 1.29 is 33.5 Å². The van der Waals surface area contributed by atoms with E-state index in [9.17, 15) is 19.7 Å². The number of esters is 1. The highest BCUT2D eigenvalue weighted by atomic mass is 16.6. The van der Waals surface area contributed by atoms with E-state index < -0.39 is 23.2 Å². The van der Waals surface area contributed by atoms with Crippen LogP contribution < -0.4 is 9.47 Å². The number of nitrogens with zero attached hydrogens (tertiary/aromatic N) is 2. The summed E-state index contributed by atoms with van der Waals surface area (Å²) in [6, 6.07) is 2.33. The van der Waals surface area contributed by atoms with Gasteiger partial charge in [-0.3, -0.25) is 14.9 Å². The molecular formula is C17H20N2O8. The summed E-state index contributed by atoms with van der Waals surface area (Å²) in [5, 5.41) is 11.3. The monoisotopic (exact) mass is 380 g/mol. The summed E-state index contributed by atoms with van der Waals surface area (Å²) in [4.78, 5) is 36.8. The fourth-order valence-electron chi connectivity index (χ4n) is 3.07. The second kappa shape index (κ2) is 7.78. The molecule has 0 bridgehead atoms. The lowest BCUT2D eigenvalue weighted by atomic mass is 10.1. The molecule has 2 atom stereocenters. The van der Waals surface area contributed by atoms with Crippen molar-refractivity contribution in [2.75, 3.05) is 32.9 Å². The first-order valence-corrected chi connectivity index (χ1v) is 8.53. The second-order valence-corrected chi connectivity index (χ2v) is 6.40. The first-order chi connectivity index (χ1) is 12.8. The van der Waals surface area contributed by atoms with Crippen LogP contribution in [0, 0.1) is 10.1 Å². The minimum absolute atomic E-state index is 0.118. The molecular weight excluding hydrogens is 360 g/mol. The van der Waals surface area contributed by atoms with Crippen LogP contribution in [0.5, 0.6) is 11.5 Å². The molecule has 2 aliphatic heterocycles. The van der Waals surface area contributed by atoms with E-state index in [1.54, 1.807) is 4.90 Å². The Balaban J connectivity index is 1.70. The zero-order valence-electron chi connectivity index (χ0n) is 15.0. The maximum atomic E-state index is 12.4. The highest BCUT2D eigenvalue weighted by Crippen LogP contribution is 2.36. The Morgan fingerprint density at radius 1 is 1.19 bits per heavy atom. The molecule has 146 valence electrons. The summed E-state index contributed by atoms with van der Waals surface area (Å²) in [6.07, 6.45) is -0.237. The van der Waals surface area contributed by atoms with Crippen molar-refractivity contribution in [3.63, 3.8) is 0 Å². The Morgan fingerprint density at radius 3 is 2.37 bits per heavy atom. The summed E-state index contributed by atoms with van der Waals surface area (Å²) in [5.74, 6) is -0.940. The van der Waals surface area contributed by atoms with Crippen LogP contribution in [0.3, 0.4) is 0 Å². The van der Waals surface area contributed by atoms with Crippen molar-refractivity contribution in [2.45, 2.75) is 26.1 Å². The van der Waals surface area contributed by atoms with Gasteiger partial charge in [0, 0.05) is 19.2 Å². The van der Waals surface area contributed by atoms with E-state index in [0.717, 1.165) is 6.07 Å². The minimum Gasteiger partial charge on any atom is -0.486 e. The number of fused-ring (bicyclic) bond motifs is 1. The van der Waals surface area contributed by atoms with Crippen LogP contribution in [0.1, 0.15) is 24.2 Å². The van der Waals surface area contributed by atoms with Gasteiger partial charge in [0.05, 0.1) is 23.2 Å². The molecule has 10 nitrogen and oxygen atoms in total. The molecule has 1 fully saturated rings. The Hall–Kier alpha value is -2.88. The standard InChI is InChI=1S/C17H20N2O8/c1-10-7-18(8-11(2)27-10)16(20)9-26-17(21)12-5-14-15(25-4-3-24-14)6-13(12)19(22)23/h5-6,10-11H,3-4,7-9H2,1-2H3/t10-,11+. The summed E-state index contributed by atoms with van der Waals surface area (Å²) >= 11 is 0. The van der Waals surface area contributed by atoms with Crippen molar-refractivity contribution in [1.29, 1.82) is 0 Å². The predicted octanol–water partition coefficient (Wildman–Crippen LogP) is 1.16. The van der Waals surface area contributed by atoms with Gasteiger partial charge in [-0.25, -0.2) is 4.79 Å². The Morgan fingerprint density at radius 2 is 1.78 bits per heavy atom. The molecule has 27 heavy (non-hydrogen) atoms. The topological polar surface area (TPSA) is 117 Å². The molecule has 0 spiro atoms. The summed E-state index contributed by atoms with van der Waals surface area (Å²) in [5.41, 5.74) is -0.758. The smallest absolute Gasteiger partial charge is 0.345 e. The molecule has 10 heteroatoms. The van der Waals surface area contributed by atoms with Gasteiger partial charge in [0.25, 0.3) is 11.6 Å². The molecule has 2 aliphatic rings. The lowest BCUT2D eigenvalue weighted by Crippen LogP contribution is -2.49. The average Bonchev–Trinajstić information content (AvgIpc) is 2.63. The largest absolute Gasteiger partial charge is 0.486 e. The third kappa shape index (κ3) is 4.27. The van der Waals surface area contributed by atoms with Crippen molar-refractivity contribution in [3.8, 4) is 11.5 Å². The van der Waals surface area contributed by atoms with Gasteiger partial charge >= 0.3 is 5.97 Å². The molecule has 3 rings (SSSR count). The third-order valence-electron chi connectivity index (χ3n) is 4.18. The van der Waals surface area contributed by atoms with Gasteiger partial charge in [0.2, 0.25) is 0 Å². The number of carbonyl (C=O) groups is 2. The first kappa shape index (κ1) is 18.9. The molecule has 1 aromatic carbocycles. The summed E-state index contributed by atoms with van der Waals surface area (Å²) in [6.45, 7) is 4.50. The normalized spacial score (nSPS) is 21.5. The number of hydrogen-bond donors (Lipinski definition) is 0. The molecule has 0 N–H and O–H groups in total. The zero-order valence-corrected chi connectivity index (χ0v) is 15.0. The number of morpholine rings is 1. The highest BCUT2D eigenvalue weighted by Gasteiger charge is 2.30. The number of rotatable bonds is 4. The van der Waals surface area contributed by atoms with Gasteiger partial charge in [0.1, 0.15) is 18.8 Å². The van der Waals surface area contributed by atoms with Crippen LogP contribution in [-0.4, -0.2) is 66.8 Å². The maximum Gasteiger partial charge on any atom is 0.345 e. The number of ether oxygens (including phenoxy) is 4. The van der Waals surface area contributed by atoms with Crippen LogP contribution >= 0.6 is 0 Å². The Labute approximate surface area is 155 Å². The SMILES string of the molecule is C[C@@H]1CN(C(=O)COC(=O)c2cc3c(cc2[N+](=O)[O-])OCCO3)C[C@H](C)O1. The molecule has 1 aromatic rings. The van der Waals surface area contributed by atoms with E-state index in [1.807, 2.05) is 13.8 Å². The number of amides is 1. The minimum atomic E-state index is -0.971. The quantitative estimate of drug-likeness (QED) is 0.434. The van der Waals surface area contributed by atoms with Crippen LogP contribution in [0.15, 0.2) is 12.1 Å². The molecule has 0 saturated carbocycles.